The summed E-state index contributed by atoms with van der Waals surface area (Å²) in [5.41, 5.74) is 4.91. The van der Waals surface area contributed by atoms with Crippen LogP contribution in [-0.4, -0.2) is 40.0 Å². The number of nitrogens with two attached hydrogens (primary N) is 1. The maximum absolute atomic E-state index is 11.7. The summed E-state index contributed by atoms with van der Waals surface area (Å²) >= 11 is 0. The Hall–Kier alpha value is -1.90. The van der Waals surface area contributed by atoms with Gasteiger partial charge in [0.05, 0.1) is 6.54 Å². The summed E-state index contributed by atoms with van der Waals surface area (Å²) < 4.78 is 24.8. The number of aromatic nitrogens is 2. The van der Waals surface area contributed by atoms with Crippen LogP contribution in [0.2, 0.25) is 0 Å². The normalized spacial score (nSPS) is 20.6. The molecule has 8 nitrogen and oxygen atoms in total. The first-order chi connectivity index (χ1) is 7.44. The fourth-order valence-corrected chi connectivity index (χ4v) is 2.61. The van der Waals surface area contributed by atoms with Crippen LogP contribution in [0.15, 0.2) is 18.7 Å². The van der Waals surface area contributed by atoms with E-state index in [1.807, 2.05) is 0 Å². The van der Waals surface area contributed by atoms with Crippen LogP contribution in [0.3, 0.4) is 0 Å². The second-order valence-corrected chi connectivity index (χ2v) is 4.98. The molecule has 0 aliphatic carbocycles. The summed E-state index contributed by atoms with van der Waals surface area (Å²) in [5.74, 6) is -2.67. The summed E-state index contributed by atoms with van der Waals surface area (Å²) in [7, 11) is -3.94. The van der Waals surface area contributed by atoms with Gasteiger partial charge in [-0.3, -0.25) is 9.59 Å². The van der Waals surface area contributed by atoms with Gasteiger partial charge >= 0.3 is 10.2 Å². The van der Waals surface area contributed by atoms with Crippen LogP contribution in [0.25, 0.3) is 0 Å². The molecule has 86 valence electrons. The molecule has 0 aromatic carbocycles. The van der Waals surface area contributed by atoms with Crippen molar-refractivity contribution in [1.29, 1.82) is 0 Å². The Morgan fingerprint density at radius 2 is 2.25 bits per heavy atom. The van der Waals surface area contributed by atoms with Crippen LogP contribution in [0.4, 0.5) is 0 Å². The molecule has 1 aromatic heterocycles. The number of rotatable bonds is 3. The van der Waals surface area contributed by atoms with E-state index in [9.17, 15) is 18.0 Å². The van der Waals surface area contributed by atoms with Crippen molar-refractivity contribution >= 4 is 22.0 Å². The SMILES string of the molecule is NC(=O)[C@@H]1CN(S(=O)(=O)n2ccnc2)C1=O. The van der Waals surface area contributed by atoms with Crippen molar-refractivity contribution in [2.45, 2.75) is 0 Å². The molecule has 0 saturated carbocycles. The molecule has 1 fully saturated rings. The van der Waals surface area contributed by atoms with E-state index in [0.717, 1.165) is 10.3 Å². The van der Waals surface area contributed by atoms with Crippen LogP contribution in [0.5, 0.6) is 0 Å². The lowest BCUT2D eigenvalue weighted by Gasteiger charge is -2.34. The van der Waals surface area contributed by atoms with E-state index in [1.54, 1.807) is 0 Å². The predicted molar refractivity (Wildman–Crippen MR) is 50.9 cm³/mol. The lowest BCUT2D eigenvalue weighted by molar-refractivity contribution is -0.146. The van der Waals surface area contributed by atoms with E-state index in [0.29, 0.717) is 4.31 Å². The van der Waals surface area contributed by atoms with E-state index in [4.69, 9.17) is 5.73 Å². The van der Waals surface area contributed by atoms with Crippen LogP contribution in [0, 0.1) is 5.92 Å². The molecule has 2 N–H and O–H groups in total. The number of carbonyl (C=O) groups excluding carboxylic acids is 2. The smallest absolute Gasteiger partial charge is 0.333 e. The van der Waals surface area contributed by atoms with Crippen molar-refractivity contribution in [1.82, 2.24) is 13.3 Å². The Balaban J connectivity index is 2.24. The number of β-lactam (4-membered cyclic amide) rings is 1. The molecule has 1 saturated heterocycles. The molecule has 16 heavy (non-hydrogen) atoms. The van der Waals surface area contributed by atoms with Gasteiger partial charge in [-0.1, -0.05) is 0 Å². The van der Waals surface area contributed by atoms with Gasteiger partial charge in [-0.2, -0.15) is 8.42 Å². The Morgan fingerprint density at radius 1 is 1.56 bits per heavy atom. The molecule has 0 unspecified atom stereocenters. The van der Waals surface area contributed by atoms with Gasteiger partial charge in [-0.25, -0.2) is 13.3 Å². The highest BCUT2D eigenvalue weighted by molar-refractivity contribution is 7.88. The number of amides is 2. The van der Waals surface area contributed by atoms with E-state index in [2.05, 4.69) is 4.98 Å². The number of carbonyl (C=O) groups is 2. The molecule has 1 atom stereocenters. The lowest BCUT2D eigenvalue weighted by Crippen LogP contribution is -2.60. The van der Waals surface area contributed by atoms with E-state index in [-0.39, 0.29) is 6.54 Å². The molecule has 1 aromatic rings. The molecule has 2 rings (SSSR count). The third kappa shape index (κ3) is 1.36. The summed E-state index contributed by atoms with van der Waals surface area (Å²) in [6.45, 7) is -0.214. The highest BCUT2D eigenvalue weighted by Gasteiger charge is 2.47. The van der Waals surface area contributed by atoms with Gasteiger partial charge in [-0.05, 0) is 0 Å². The fraction of sp³-hybridized carbons (Fsp3) is 0.286. The molecule has 9 heteroatoms. The molecule has 1 aliphatic heterocycles. The Bertz CT molecular complexity index is 535. The first-order valence-electron chi connectivity index (χ1n) is 4.29. The quantitative estimate of drug-likeness (QED) is 0.484. The van der Waals surface area contributed by atoms with Crippen molar-refractivity contribution in [2.24, 2.45) is 11.7 Å². The van der Waals surface area contributed by atoms with Crippen molar-refractivity contribution in [2.75, 3.05) is 6.54 Å². The molecule has 2 amide bonds. The maximum atomic E-state index is 11.7. The zero-order valence-electron chi connectivity index (χ0n) is 7.98. The molecule has 0 spiro atoms. The molecular weight excluding hydrogens is 236 g/mol. The third-order valence-electron chi connectivity index (χ3n) is 2.26. The summed E-state index contributed by atoms with van der Waals surface area (Å²) in [6.07, 6.45) is 3.52. The summed E-state index contributed by atoms with van der Waals surface area (Å²) in [4.78, 5) is 25.6. The van der Waals surface area contributed by atoms with Gasteiger partial charge in [0.1, 0.15) is 12.2 Å². The van der Waals surface area contributed by atoms with Crippen LogP contribution in [-0.2, 0) is 19.8 Å². The average molecular weight is 244 g/mol. The Labute approximate surface area is 90.8 Å². The number of nitrogens with zero attached hydrogens (tertiary/aromatic N) is 3. The monoisotopic (exact) mass is 244 g/mol. The summed E-state index contributed by atoms with van der Waals surface area (Å²) in [5, 5.41) is 0. The van der Waals surface area contributed by atoms with Crippen molar-refractivity contribution in [3.8, 4) is 0 Å². The van der Waals surface area contributed by atoms with Gasteiger partial charge in [0, 0.05) is 12.4 Å². The van der Waals surface area contributed by atoms with Gasteiger partial charge in [0.15, 0.2) is 0 Å². The van der Waals surface area contributed by atoms with Crippen LogP contribution < -0.4 is 5.73 Å². The van der Waals surface area contributed by atoms with Gasteiger partial charge in [0.25, 0.3) is 5.91 Å². The summed E-state index contributed by atoms with van der Waals surface area (Å²) in [6, 6.07) is 0. The Kier molecular flexibility index (Phi) is 2.19. The van der Waals surface area contributed by atoms with Gasteiger partial charge in [0.2, 0.25) is 5.91 Å². The van der Waals surface area contributed by atoms with Crippen molar-refractivity contribution < 1.29 is 18.0 Å². The molecule has 1 aliphatic rings. The van der Waals surface area contributed by atoms with Crippen LogP contribution in [0.1, 0.15) is 0 Å². The van der Waals surface area contributed by atoms with Crippen molar-refractivity contribution in [3.63, 3.8) is 0 Å². The largest absolute Gasteiger partial charge is 0.369 e. The van der Waals surface area contributed by atoms with Gasteiger partial charge < -0.3 is 5.73 Å². The lowest BCUT2D eigenvalue weighted by atomic mass is 10.0. The molecular formula is C7H8N4O4S. The number of imidazole rings is 1. The average Bonchev–Trinajstić information content (AvgIpc) is 2.67. The fourth-order valence-electron chi connectivity index (χ4n) is 1.31. The molecule has 0 radical (unpaired) electrons. The minimum Gasteiger partial charge on any atom is -0.369 e. The minimum atomic E-state index is -3.94. The molecule has 0 bridgehead atoms. The third-order valence-corrected chi connectivity index (χ3v) is 3.90. The van der Waals surface area contributed by atoms with Crippen LogP contribution >= 0.6 is 0 Å². The first kappa shape index (κ1) is 10.6. The second-order valence-electron chi connectivity index (χ2n) is 3.22. The Morgan fingerprint density at radius 3 is 2.69 bits per heavy atom. The highest BCUT2D eigenvalue weighted by atomic mass is 32.2. The standard InChI is InChI=1S/C7H8N4O4S/c8-6(12)5-3-11(7(5)13)16(14,15)10-2-1-9-4-10/h1-2,4-5H,3H2,(H2,8,12)/t5-/m0/s1. The highest BCUT2D eigenvalue weighted by Crippen LogP contribution is 2.22. The topological polar surface area (TPSA) is 115 Å². The zero-order valence-corrected chi connectivity index (χ0v) is 8.79. The number of hydrogen-bond acceptors (Lipinski definition) is 5. The van der Waals surface area contributed by atoms with E-state index in [1.165, 1.54) is 12.4 Å². The minimum absolute atomic E-state index is 0.214. The number of hydrogen-bond donors (Lipinski definition) is 1. The maximum Gasteiger partial charge on any atom is 0.333 e. The zero-order chi connectivity index (χ0) is 11.9. The number of primary amides is 1. The first-order valence-corrected chi connectivity index (χ1v) is 5.68. The van der Waals surface area contributed by atoms with Crippen molar-refractivity contribution in [3.05, 3.63) is 18.7 Å². The van der Waals surface area contributed by atoms with Gasteiger partial charge in [-0.15, -0.1) is 0 Å². The second kappa shape index (κ2) is 3.30. The predicted octanol–water partition coefficient (Wildman–Crippen LogP) is -2.08. The van der Waals surface area contributed by atoms with E-state index < -0.39 is 27.9 Å². The van der Waals surface area contributed by atoms with E-state index >= 15 is 0 Å². The molecule has 2 heterocycles.